The lowest BCUT2D eigenvalue weighted by Gasteiger charge is -2.12. The SMILES string of the molecule is CCN1C(=O)C(=Cc2cccs2)SC1=Nc1ccc(OC)cc1. The first-order valence-electron chi connectivity index (χ1n) is 7.19. The van der Waals surface area contributed by atoms with Crippen LogP contribution in [0.2, 0.25) is 0 Å². The molecule has 0 N–H and O–H groups in total. The van der Waals surface area contributed by atoms with Crippen molar-refractivity contribution in [2.45, 2.75) is 6.92 Å². The normalized spacial score (nSPS) is 18.2. The smallest absolute Gasteiger partial charge is 0.266 e. The zero-order valence-electron chi connectivity index (χ0n) is 12.9. The predicted molar refractivity (Wildman–Crippen MR) is 97.4 cm³/mol. The molecule has 1 fully saturated rings. The number of amides is 1. The minimum Gasteiger partial charge on any atom is -0.497 e. The van der Waals surface area contributed by atoms with E-state index < -0.39 is 0 Å². The molecule has 0 atom stereocenters. The molecule has 6 heteroatoms. The number of carbonyl (C=O) groups excluding carboxylic acids is 1. The van der Waals surface area contributed by atoms with E-state index in [-0.39, 0.29) is 5.91 Å². The van der Waals surface area contributed by atoms with Crippen LogP contribution in [0.5, 0.6) is 5.75 Å². The highest BCUT2D eigenvalue weighted by atomic mass is 32.2. The van der Waals surface area contributed by atoms with E-state index in [1.165, 1.54) is 11.8 Å². The molecule has 1 aliphatic rings. The van der Waals surface area contributed by atoms with Gasteiger partial charge in [0.2, 0.25) is 0 Å². The largest absolute Gasteiger partial charge is 0.497 e. The third-order valence-electron chi connectivity index (χ3n) is 3.32. The minimum atomic E-state index is 0.0122. The van der Waals surface area contributed by atoms with Gasteiger partial charge >= 0.3 is 0 Å². The molecule has 23 heavy (non-hydrogen) atoms. The Bertz CT molecular complexity index is 749. The van der Waals surface area contributed by atoms with Crippen molar-refractivity contribution >= 4 is 45.9 Å². The zero-order valence-corrected chi connectivity index (χ0v) is 14.5. The molecule has 1 aromatic heterocycles. The maximum absolute atomic E-state index is 12.5. The van der Waals surface area contributed by atoms with Crippen molar-refractivity contribution in [3.8, 4) is 5.75 Å². The van der Waals surface area contributed by atoms with Gasteiger partial charge in [-0.25, -0.2) is 4.99 Å². The molecule has 118 valence electrons. The van der Waals surface area contributed by atoms with Gasteiger partial charge in [-0.05, 0) is 60.5 Å². The summed E-state index contributed by atoms with van der Waals surface area (Å²) < 4.78 is 5.15. The molecule has 0 saturated carbocycles. The van der Waals surface area contributed by atoms with Gasteiger partial charge in [-0.1, -0.05) is 6.07 Å². The molecule has 0 unspecified atom stereocenters. The van der Waals surface area contributed by atoms with Crippen LogP contribution in [0.15, 0.2) is 51.7 Å². The van der Waals surface area contributed by atoms with E-state index in [0.717, 1.165) is 16.3 Å². The number of hydrogen-bond donors (Lipinski definition) is 0. The fourth-order valence-electron chi connectivity index (χ4n) is 2.14. The number of hydrogen-bond acceptors (Lipinski definition) is 5. The van der Waals surface area contributed by atoms with E-state index in [9.17, 15) is 4.79 Å². The fourth-order valence-corrected chi connectivity index (χ4v) is 3.93. The second-order valence-corrected chi connectivity index (χ2v) is 6.76. The summed E-state index contributed by atoms with van der Waals surface area (Å²) in [6, 6.07) is 11.5. The van der Waals surface area contributed by atoms with Crippen LogP contribution >= 0.6 is 23.1 Å². The third-order valence-corrected chi connectivity index (χ3v) is 5.14. The van der Waals surface area contributed by atoms with Gasteiger partial charge in [0, 0.05) is 11.4 Å². The number of rotatable bonds is 4. The maximum atomic E-state index is 12.5. The summed E-state index contributed by atoms with van der Waals surface area (Å²) in [5.74, 6) is 0.799. The summed E-state index contributed by atoms with van der Waals surface area (Å²) in [5, 5.41) is 2.71. The van der Waals surface area contributed by atoms with Crippen LogP contribution < -0.4 is 4.74 Å². The molecule has 1 saturated heterocycles. The van der Waals surface area contributed by atoms with Crippen LogP contribution in [-0.4, -0.2) is 29.6 Å². The number of likely N-dealkylation sites (N-methyl/N-ethyl adjacent to an activating group) is 1. The third kappa shape index (κ3) is 3.48. The predicted octanol–water partition coefficient (Wildman–Crippen LogP) is 4.38. The number of ether oxygens (including phenoxy) is 1. The molecule has 2 aromatic rings. The van der Waals surface area contributed by atoms with E-state index in [1.54, 1.807) is 23.3 Å². The molecule has 1 amide bonds. The van der Waals surface area contributed by atoms with Crippen LogP contribution in [-0.2, 0) is 4.79 Å². The summed E-state index contributed by atoms with van der Waals surface area (Å²) >= 11 is 3.03. The number of amidine groups is 1. The quantitative estimate of drug-likeness (QED) is 0.773. The number of aliphatic imine (C=N–C) groups is 1. The Kier molecular flexibility index (Phi) is 4.83. The van der Waals surface area contributed by atoms with Crippen molar-refractivity contribution in [2.75, 3.05) is 13.7 Å². The van der Waals surface area contributed by atoms with Gasteiger partial charge in [0.25, 0.3) is 5.91 Å². The Balaban J connectivity index is 1.89. The molecule has 4 nitrogen and oxygen atoms in total. The Morgan fingerprint density at radius 3 is 2.65 bits per heavy atom. The summed E-state index contributed by atoms with van der Waals surface area (Å²) in [5.41, 5.74) is 0.803. The molecule has 1 aromatic carbocycles. The topological polar surface area (TPSA) is 41.9 Å². The molecule has 0 aliphatic carbocycles. The van der Waals surface area contributed by atoms with Crippen LogP contribution in [0, 0.1) is 0 Å². The molecule has 1 aliphatic heterocycles. The second kappa shape index (κ2) is 7.02. The van der Waals surface area contributed by atoms with E-state index in [2.05, 4.69) is 4.99 Å². The number of methoxy groups -OCH3 is 1. The average molecular weight is 344 g/mol. The monoisotopic (exact) mass is 344 g/mol. The van der Waals surface area contributed by atoms with Gasteiger partial charge in [0.05, 0.1) is 17.7 Å². The number of thiophene rings is 1. The molecule has 0 radical (unpaired) electrons. The molecule has 0 spiro atoms. The highest BCUT2D eigenvalue weighted by Gasteiger charge is 2.32. The maximum Gasteiger partial charge on any atom is 0.266 e. The van der Waals surface area contributed by atoms with Gasteiger partial charge in [-0.3, -0.25) is 9.69 Å². The number of nitrogens with zero attached hydrogens (tertiary/aromatic N) is 2. The summed E-state index contributed by atoms with van der Waals surface area (Å²) in [6.45, 7) is 2.55. The fraction of sp³-hybridized carbons (Fsp3) is 0.176. The number of benzene rings is 1. The molecule has 2 heterocycles. The number of thioether (sulfide) groups is 1. The van der Waals surface area contributed by atoms with Crippen molar-refractivity contribution in [2.24, 2.45) is 4.99 Å². The second-order valence-electron chi connectivity index (χ2n) is 4.77. The highest BCUT2D eigenvalue weighted by Crippen LogP contribution is 2.34. The first-order valence-corrected chi connectivity index (χ1v) is 8.88. The van der Waals surface area contributed by atoms with Crippen molar-refractivity contribution in [1.82, 2.24) is 4.90 Å². The van der Waals surface area contributed by atoms with Crippen LogP contribution in [0.3, 0.4) is 0 Å². The van der Waals surface area contributed by atoms with Crippen molar-refractivity contribution in [3.05, 3.63) is 51.6 Å². The Labute approximate surface area is 143 Å². The van der Waals surface area contributed by atoms with Gasteiger partial charge < -0.3 is 4.74 Å². The molecular weight excluding hydrogens is 328 g/mol. The summed E-state index contributed by atoms with van der Waals surface area (Å²) in [7, 11) is 1.63. The first-order chi connectivity index (χ1) is 11.2. The minimum absolute atomic E-state index is 0.0122. The number of carbonyl (C=O) groups is 1. The lowest BCUT2D eigenvalue weighted by atomic mass is 10.3. The van der Waals surface area contributed by atoms with Crippen LogP contribution in [0.25, 0.3) is 6.08 Å². The lowest BCUT2D eigenvalue weighted by molar-refractivity contribution is -0.122. The van der Waals surface area contributed by atoms with Gasteiger partial charge in [-0.2, -0.15) is 0 Å². The standard InChI is InChI=1S/C17H16N2O2S2/c1-3-19-16(20)15(11-14-5-4-10-22-14)23-17(19)18-12-6-8-13(21-2)9-7-12/h4-11H,3H2,1-2H3. The molecular formula is C17H16N2O2S2. The van der Waals surface area contributed by atoms with E-state index in [0.29, 0.717) is 16.6 Å². The average Bonchev–Trinajstić information content (AvgIpc) is 3.17. The summed E-state index contributed by atoms with van der Waals surface area (Å²) in [4.78, 5) is 20.6. The molecule has 0 bridgehead atoms. The summed E-state index contributed by atoms with van der Waals surface area (Å²) in [6.07, 6.45) is 1.93. The molecule has 3 rings (SSSR count). The Morgan fingerprint density at radius 1 is 1.26 bits per heavy atom. The zero-order chi connectivity index (χ0) is 16.2. The van der Waals surface area contributed by atoms with E-state index in [1.807, 2.05) is 54.8 Å². The van der Waals surface area contributed by atoms with Crippen molar-refractivity contribution in [1.29, 1.82) is 0 Å². The highest BCUT2D eigenvalue weighted by molar-refractivity contribution is 8.18. The van der Waals surface area contributed by atoms with Gasteiger partial charge in [0.15, 0.2) is 5.17 Å². The first kappa shape index (κ1) is 15.8. The van der Waals surface area contributed by atoms with Crippen LogP contribution in [0.1, 0.15) is 11.8 Å². The van der Waals surface area contributed by atoms with E-state index in [4.69, 9.17) is 4.74 Å². The van der Waals surface area contributed by atoms with Gasteiger partial charge in [-0.15, -0.1) is 11.3 Å². The Morgan fingerprint density at radius 2 is 2.04 bits per heavy atom. The van der Waals surface area contributed by atoms with Crippen LogP contribution in [0.4, 0.5) is 5.69 Å². The van der Waals surface area contributed by atoms with Crippen molar-refractivity contribution in [3.63, 3.8) is 0 Å². The van der Waals surface area contributed by atoms with Gasteiger partial charge in [0.1, 0.15) is 5.75 Å². The lowest BCUT2D eigenvalue weighted by Crippen LogP contribution is -2.28. The van der Waals surface area contributed by atoms with E-state index >= 15 is 0 Å². The van der Waals surface area contributed by atoms with Crippen molar-refractivity contribution < 1.29 is 9.53 Å². The Hall–Kier alpha value is -2.05.